The Balaban J connectivity index is 1.97. The molecular formula is C12H24N2O. The van der Waals surface area contributed by atoms with Gasteiger partial charge in [0.05, 0.1) is 0 Å². The molecule has 88 valence electrons. The van der Waals surface area contributed by atoms with Gasteiger partial charge >= 0.3 is 0 Å². The van der Waals surface area contributed by atoms with Crippen LogP contribution in [-0.2, 0) is 4.79 Å². The fourth-order valence-electron chi connectivity index (χ4n) is 1.96. The van der Waals surface area contributed by atoms with Crippen molar-refractivity contribution in [2.75, 3.05) is 26.2 Å². The lowest BCUT2D eigenvalue weighted by Gasteiger charge is -2.26. The van der Waals surface area contributed by atoms with Gasteiger partial charge in [0.2, 0.25) is 5.91 Å². The van der Waals surface area contributed by atoms with Crippen LogP contribution in [0.25, 0.3) is 0 Å². The molecule has 3 nitrogen and oxygen atoms in total. The molecule has 0 aromatic rings. The average Bonchev–Trinajstić information content (AvgIpc) is 2.28. The predicted molar refractivity (Wildman–Crippen MR) is 62.8 cm³/mol. The van der Waals surface area contributed by atoms with Crippen LogP contribution in [0.5, 0.6) is 0 Å². The van der Waals surface area contributed by atoms with Crippen molar-refractivity contribution in [3.63, 3.8) is 0 Å². The minimum Gasteiger partial charge on any atom is -0.355 e. The van der Waals surface area contributed by atoms with E-state index < -0.39 is 0 Å². The van der Waals surface area contributed by atoms with E-state index in [1.54, 1.807) is 0 Å². The van der Waals surface area contributed by atoms with Gasteiger partial charge in [0, 0.05) is 19.5 Å². The molecule has 0 bridgehead atoms. The number of nitrogens with zero attached hydrogens (tertiary/aromatic N) is 1. The molecule has 0 spiro atoms. The quantitative estimate of drug-likeness (QED) is 0.728. The molecule has 1 N–H and O–H groups in total. The summed E-state index contributed by atoms with van der Waals surface area (Å²) in [5, 5.41) is 2.98. The van der Waals surface area contributed by atoms with Gasteiger partial charge in [-0.2, -0.15) is 0 Å². The number of nitrogens with one attached hydrogen (secondary N) is 1. The zero-order valence-electron chi connectivity index (χ0n) is 9.93. The van der Waals surface area contributed by atoms with Crippen molar-refractivity contribution < 1.29 is 4.79 Å². The summed E-state index contributed by atoms with van der Waals surface area (Å²) in [5.41, 5.74) is 0. The Kier molecular flexibility index (Phi) is 6.41. The second kappa shape index (κ2) is 7.69. The normalized spacial score (nSPS) is 17.7. The Hall–Kier alpha value is -0.570. The van der Waals surface area contributed by atoms with Crippen LogP contribution in [0.4, 0.5) is 0 Å². The van der Waals surface area contributed by atoms with Crippen molar-refractivity contribution >= 4 is 5.91 Å². The number of amides is 1. The number of piperidine rings is 1. The van der Waals surface area contributed by atoms with Gasteiger partial charge in [-0.05, 0) is 32.4 Å². The summed E-state index contributed by atoms with van der Waals surface area (Å²) in [4.78, 5) is 13.8. The van der Waals surface area contributed by atoms with Crippen LogP contribution < -0.4 is 5.32 Å². The Labute approximate surface area is 93.2 Å². The second-order valence-electron chi connectivity index (χ2n) is 4.36. The van der Waals surface area contributed by atoms with E-state index in [4.69, 9.17) is 0 Å². The molecule has 0 aromatic carbocycles. The van der Waals surface area contributed by atoms with Crippen molar-refractivity contribution in [1.29, 1.82) is 0 Å². The standard InChI is InChI=1S/C12H24N2O/c1-2-3-7-12(15)13-8-11-14-9-5-4-6-10-14/h2-11H2,1H3,(H,13,15). The van der Waals surface area contributed by atoms with Crippen LogP contribution in [0.3, 0.4) is 0 Å². The van der Waals surface area contributed by atoms with Crippen molar-refractivity contribution in [3.05, 3.63) is 0 Å². The van der Waals surface area contributed by atoms with E-state index in [-0.39, 0.29) is 5.91 Å². The van der Waals surface area contributed by atoms with E-state index in [0.29, 0.717) is 6.42 Å². The fourth-order valence-corrected chi connectivity index (χ4v) is 1.96. The molecule has 1 rings (SSSR count). The van der Waals surface area contributed by atoms with Crippen molar-refractivity contribution in [3.8, 4) is 0 Å². The molecule has 0 atom stereocenters. The largest absolute Gasteiger partial charge is 0.355 e. The highest BCUT2D eigenvalue weighted by Crippen LogP contribution is 2.07. The molecule has 1 saturated heterocycles. The maximum Gasteiger partial charge on any atom is 0.220 e. The van der Waals surface area contributed by atoms with E-state index in [1.165, 1.54) is 32.4 Å². The maximum absolute atomic E-state index is 11.3. The van der Waals surface area contributed by atoms with Crippen LogP contribution in [-0.4, -0.2) is 37.0 Å². The maximum atomic E-state index is 11.3. The third kappa shape index (κ3) is 5.78. The predicted octanol–water partition coefficient (Wildman–Crippen LogP) is 1.78. The Morgan fingerprint density at radius 2 is 2.00 bits per heavy atom. The minimum atomic E-state index is 0.217. The summed E-state index contributed by atoms with van der Waals surface area (Å²) in [5.74, 6) is 0.217. The smallest absolute Gasteiger partial charge is 0.220 e. The summed E-state index contributed by atoms with van der Waals surface area (Å²) in [7, 11) is 0. The van der Waals surface area contributed by atoms with Gasteiger partial charge in [0.1, 0.15) is 0 Å². The lowest BCUT2D eigenvalue weighted by molar-refractivity contribution is -0.121. The van der Waals surface area contributed by atoms with E-state index in [1.807, 2.05) is 0 Å². The van der Waals surface area contributed by atoms with Gasteiger partial charge in [-0.3, -0.25) is 4.79 Å². The van der Waals surface area contributed by atoms with Gasteiger partial charge in [0.25, 0.3) is 0 Å². The first kappa shape index (κ1) is 12.5. The first-order valence-corrected chi connectivity index (χ1v) is 6.32. The third-order valence-electron chi connectivity index (χ3n) is 2.96. The summed E-state index contributed by atoms with van der Waals surface area (Å²) >= 11 is 0. The molecular weight excluding hydrogens is 188 g/mol. The molecule has 0 aromatic heterocycles. The molecule has 0 aliphatic carbocycles. The molecule has 15 heavy (non-hydrogen) atoms. The Bertz CT molecular complexity index is 176. The lowest BCUT2D eigenvalue weighted by Crippen LogP contribution is -2.37. The second-order valence-corrected chi connectivity index (χ2v) is 4.36. The molecule has 3 heteroatoms. The molecule has 0 radical (unpaired) electrons. The molecule has 1 amide bonds. The van der Waals surface area contributed by atoms with Gasteiger partial charge in [-0.25, -0.2) is 0 Å². The van der Waals surface area contributed by atoms with Gasteiger partial charge in [-0.15, -0.1) is 0 Å². The molecule has 0 saturated carbocycles. The summed E-state index contributed by atoms with van der Waals surface area (Å²) in [6, 6.07) is 0. The van der Waals surface area contributed by atoms with Crippen molar-refractivity contribution in [2.24, 2.45) is 0 Å². The zero-order valence-corrected chi connectivity index (χ0v) is 9.93. The van der Waals surface area contributed by atoms with Crippen LogP contribution in [0.15, 0.2) is 0 Å². The highest BCUT2D eigenvalue weighted by atomic mass is 16.1. The van der Waals surface area contributed by atoms with E-state index in [0.717, 1.165) is 25.9 Å². The number of likely N-dealkylation sites (tertiary alicyclic amines) is 1. The lowest BCUT2D eigenvalue weighted by atomic mass is 10.1. The van der Waals surface area contributed by atoms with Crippen LogP contribution in [0.2, 0.25) is 0 Å². The first-order chi connectivity index (χ1) is 7.33. The number of carbonyl (C=O) groups is 1. The molecule has 0 unspecified atom stereocenters. The monoisotopic (exact) mass is 212 g/mol. The van der Waals surface area contributed by atoms with Gasteiger partial charge in [0.15, 0.2) is 0 Å². The average molecular weight is 212 g/mol. The van der Waals surface area contributed by atoms with Crippen LogP contribution in [0.1, 0.15) is 45.4 Å². The van der Waals surface area contributed by atoms with E-state index in [9.17, 15) is 4.79 Å². The SMILES string of the molecule is CCCCC(=O)NCCN1CCCCC1. The summed E-state index contributed by atoms with van der Waals surface area (Å²) in [6.07, 6.45) is 6.82. The van der Waals surface area contributed by atoms with E-state index in [2.05, 4.69) is 17.1 Å². The van der Waals surface area contributed by atoms with Crippen molar-refractivity contribution in [2.45, 2.75) is 45.4 Å². The summed E-state index contributed by atoms with van der Waals surface area (Å²) < 4.78 is 0. The molecule has 1 heterocycles. The highest BCUT2D eigenvalue weighted by Gasteiger charge is 2.09. The number of unbranched alkanes of at least 4 members (excludes halogenated alkanes) is 1. The van der Waals surface area contributed by atoms with E-state index >= 15 is 0 Å². The molecule has 1 aliphatic rings. The Morgan fingerprint density at radius 1 is 1.27 bits per heavy atom. The number of hydrogen-bond donors (Lipinski definition) is 1. The summed E-state index contributed by atoms with van der Waals surface area (Å²) in [6.45, 7) is 6.39. The third-order valence-corrected chi connectivity index (χ3v) is 2.96. The minimum absolute atomic E-state index is 0.217. The molecule has 1 fully saturated rings. The topological polar surface area (TPSA) is 32.3 Å². The van der Waals surface area contributed by atoms with Gasteiger partial charge < -0.3 is 10.2 Å². The fraction of sp³-hybridized carbons (Fsp3) is 0.917. The number of rotatable bonds is 6. The number of carbonyl (C=O) groups excluding carboxylic acids is 1. The molecule has 1 aliphatic heterocycles. The zero-order chi connectivity index (χ0) is 10.9. The van der Waals surface area contributed by atoms with Crippen molar-refractivity contribution in [1.82, 2.24) is 10.2 Å². The first-order valence-electron chi connectivity index (χ1n) is 6.32. The Morgan fingerprint density at radius 3 is 2.67 bits per heavy atom. The van der Waals surface area contributed by atoms with Crippen LogP contribution >= 0.6 is 0 Å². The highest BCUT2D eigenvalue weighted by molar-refractivity contribution is 5.75. The van der Waals surface area contributed by atoms with Gasteiger partial charge in [-0.1, -0.05) is 19.8 Å². The number of hydrogen-bond acceptors (Lipinski definition) is 2. The van der Waals surface area contributed by atoms with Crippen LogP contribution in [0, 0.1) is 0 Å².